The molecule has 0 unspecified atom stereocenters. The summed E-state index contributed by atoms with van der Waals surface area (Å²) in [5, 5.41) is 11.2. The summed E-state index contributed by atoms with van der Waals surface area (Å²) in [5.41, 5.74) is 2.95. The first-order chi connectivity index (χ1) is 15.4. The molecule has 1 aromatic carbocycles. The molecule has 0 atom stereocenters. The van der Waals surface area contributed by atoms with Crippen LogP contribution in [0.15, 0.2) is 41.3 Å². The number of hydrogen-bond acceptors (Lipinski definition) is 4. The monoisotopic (exact) mass is 436 g/mol. The lowest BCUT2D eigenvalue weighted by atomic mass is 10.0. The van der Waals surface area contributed by atoms with Crippen LogP contribution in [-0.2, 0) is 11.2 Å². The van der Waals surface area contributed by atoms with Gasteiger partial charge < -0.3 is 10.3 Å². The van der Waals surface area contributed by atoms with Gasteiger partial charge in [0, 0.05) is 24.2 Å². The number of fused-ring (bicyclic) bond motifs is 1. The Morgan fingerprint density at radius 3 is 2.75 bits per heavy atom. The van der Waals surface area contributed by atoms with Gasteiger partial charge in [-0.25, -0.2) is 8.78 Å². The number of benzene rings is 1. The van der Waals surface area contributed by atoms with Crippen LogP contribution in [0.3, 0.4) is 0 Å². The van der Waals surface area contributed by atoms with Crippen molar-refractivity contribution >= 4 is 22.4 Å². The summed E-state index contributed by atoms with van der Waals surface area (Å²) in [6.45, 7) is 1.50. The molecule has 4 rings (SSSR count). The number of nitrogens with one attached hydrogen (secondary N) is 2. The van der Waals surface area contributed by atoms with E-state index in [1.54, 1.807) is 12.3 Å². The largest absolute Gasteiger partial charge is 0.359 e. The van der Waals surface area contributed by atoms with Gasteiger partial charge in [-0.3, -0.25) is 14.6 Å². The molecule has 8 heteroatoms. The minimum absolute atomic E-state index is 0.00139. The lowest BCUT2D eigenvalue weighted by molar-refractivity contribution is -0.119. The fraction of sp³-hybridized carbons (Fsp3) is 0.250. The molecule has 1 amide bonds. The van der Waals surface area contributed by atoms with Crippen LogP contribution in [0.2, 0.25) is 0 Å². The second-order valence-electron chi connectivity index (χ2n) is 7.32. The number of carbonyl (C=O) groups excluding carboxylic acids is 1. The lowest BCUT2D eigenvalue weighted by Crippen LogP contribution is -2.25. The van der Waals surface area contributed by atoms with Gasteiger partial charge in [-0.15, -0.1) is 0 Å². The zero-order chi connectivity index (χ0) is 23.3. The van der Waals surface area contributed by atoms with Crippen LogP contribution in [0.1, 0.15) is 41.6 Å². The van der Waals surface area contributed by atoms with Crippen molar-refractivity contribution in [1.82, 2.24) is 15.3 Å². The van der Waals surface area contributed by atoms with E-state index in [4.69, 9.17) is 5.26 Å². The molecule has 0 saturated heterocycles. The second-order valence-corrected chi connectivity index (χ2v) is 7.32. The Morgan fingerprint density at radius 1 is 1.31 bits per heavy atom. The molecule has 0 fully saturated rings. The predicted octanol–water partition coefficient (Wildman–Crippen LogP) is 3.92. The van der Waals surface area contributed by atoms with Crippen molar-refractivity contribution in [3.63, 3.8) is 0 Å². The smallest absolute Gasteiger partial charge is 0.252 e. The summed E-state index contributed by atoms with van der Waals surface area (Å²) in [7, 11) is 1.44. The number of allylic oxidation sites excluding steroid dienone is 2. The van der Waals surface area contributed by atoms with Gasteiger partial charge in [0.1, 0.15) is 6.07 Å². The molecule has 0 aliphatic heterocycles. The molecule has 3 aromatic rings. The first-order valence-electron chi connectivity index (χ1n) is 10.1. The summed E-state index contributed by atoms with van der Waals surface area (Å²) in [5.74, 6) is -2.39. The van der Waals surface area contributed by atoms with Gasteiger partial charge in [-0.05, 0) is 61.6 Å². The van der Waals surface area contributed by atoms with Gasteiger partial charge in [0.15, 0.2) is 11.6 Å². The Labute approximate surface area is 183 Å². The second kappa shape index (κ2) is 9.96. The lowest BCUT2D eigenvalue weighted by Gasteiger charge is -2.09. The van der Waals surface area contributed by atoms with E-state index in [1.807, 2.05) is 6.07 Å². The van der Waals surface area contributed by atoms with Crippen molar-refractivity contribution in [3.05, 3.63) is 80.9 Å². The van der Waals surface area contributed by atoms with Gasteiger partial charge in [-0.1, -0.05) is 6.08 Å². The molecule has 2 N–H and O–H groups in total. The van der Waals surface area contributed by atoms with Gasteiger partial charge in [0.2, 0.25) is 5.91 Å². The number of carbonyl (C=O) groups is 1. The van der Waals surface area contributed by atoms with Crippen LogP contribution in [0.5, 0.6) is 0 Å². The highest BCUT2D eigenvalue weighted by Crippen LogP contribution is 2.27. The molecule has 0 radical (unpaired) electrons. The predicted molar refractivity (Wildman–Crippen MR) is 118 cm³/mol. The van der Waals surface area contributed by atoms with Crippen molar-refractivity contribution in [2.75, 3.05) is 7.05 Å². The Bertz CT molecular complexity index is 1310. The van der Waals surface area contributed by atoms with Gasteiger partial charge in [-0.2, -0.15) is 5.26 Å². The Hall–Kier alpha value is -3.86. The number of aromatic amines is 1. The number of nitriles is 1. The fourth-order valence-corrected chi connectivity index (χ4v) is 3.64. The maximum absolute atomic E-state index is 13.8. The Kier molecular flexibility index (Phi) is 7.11. The molecule has 0 saturated carbocycles. The van der Waals surface area contributed by atoms with E-state index >= 15 is 0 Å². The molecule has 6 nitrogen and oxygen atoms in total. The number of amides is 1. The summed E-state index contributed by atoms with van der Waals surface area (Å²) in [6, 6.07) is 8.04. The van der Waals surface area contributed by atoms with E-state index in [0.29, 0.717) is 5.56 Å². The third-order valence-corrected chi connectivity index (χ3v) is 5.33. The SMILES string of the molecule is CNC(=O)Cc1c(C)c2c(F)c(F)ccc2[nH]c1=O.N#Cc1cccnc1C1=CCCC1. The molecular weight excluding hydrogens is 414 g/mol. The van der Waals surface area contributed by atoms with Crippen molar-refractivity contribution in [2.24, 2.45) is 0 Å². The number of likely N-dealkylation sites (N-methyl/N-ethyl adjacent to an activating group) is 1. The quantitative estimate of drug-likeness (QED) is 0.650. The van der Waals surface area contributed by atoms with Gasteiger partial charge in [0.25, 0.3) is 5.56 Å². The summed E-state index contributed by atoms with van der Waals surface area (Å²) < 4.78 is 27.0. The molecule has 2 aromatic heterocycles. The van der Waals surface area contributed by atoms with E-state index < -0.39 is 17.2 Å². The van der Waals surface area contributed by atoms with Crippen LogP contribution in [0.25, 0.3) is 16.5 Å². The van der Waals surface area contributed by atoms with E-state index in [9.17, 15) is 18.4 Å². The highest BCUT2D eigenvalue weighted by Gasteiger charge is 2.17. The van der Waals surface area contributed by atoms with E-state index in [-0.39, 0.29) is 34.4 Å². The van der Waals surface area contributed by atoms with E-state index in [0.717, 1.165) is 24.6 Å². The molecule has 164 valence electrons. The maximum Gasteiger partial charge on any atom is 0.252 e. The first-order valence-corrected chi connectivity index (χ1v) is 10.1. The number of halogens is 2. The molecule has 0 bridgehead atoms. The Morgan fingerprint density at radius 2 is 2.09 bits per heavy atom. The zero-order valence-electron chi connectivity index (χ0n) is 17.8. The van der Waals surface area contributed by atoms with Crippen molar-refractivity contribution in [1.29, 1.82) is 5.26 Å². The summed E-state index contributed by atoms with van der Waals surface area (Å²) >= 11 is 0. The highest BCUT2D eigenvalue weighted by molar-refractivity contribution is 5.86. The van der Waals surface area contributed by atoms with Crippen molar-refractivity contribution < 1.29 is 13.6 Å². The average Bonchev–Trinajstić information content (AvgIpc) is 3.34. The maximum atomic E-state index is 13.8. The molecular formula is C24H22F2N4O2. The third-order valence-electron chi connectivity index (χ3n) is 5.33. The minimum Gasteiger partial charge on any atom is -0.359 e. The number of nitrogens with zero attached hydrogens (tertiary/aromatic N) is 2. The zero-order valence-corrected chi connectivity index (χ0v) is 17.8. The van der Waals surface area contributed by atoms with Crippen LogP contribution in [0.4, 0.5) is 8.78 Å². The topological polar surface area (TPSA) is 98.6 Å². The molecule has 2 heterocycles. The van der Waals surface area contributed by atoms with Gasteiger partial charge in [0.05, 0.1) is 23.2 Å². The van der Waals surface area contributed by atoms with Gasteiger partial charge >= 0.3 is 0 Å². The number of hydrogen-bond donors (Lipinski definition) is 2. The molecule has 0 spiro atoms. The normalized spacial score (nSPS) is 12.5. The first kappa shape index (κ1) is 22.8. The molecule has 1 aliphatic carbocycles. The van der Waals surface area contributed by atoms with Crippen LogP contribution >= 0.6 is 0 Å². The molecule has 32 heavy (non-hydrogen) atoms. The van der Waals surface area contributed by atoms with E-state index in [2.05, 4.69) is 27.4 Å². The number of pyridine rings is 2. The minimum atomic E-state index is -1.02. The highest BCUT2D eigenvalue weighted by atomic mass is 19.2. The van der Waals surface area contributed by atoms with E-state index in [1.165, 1.54) is 32.0 Å². The third kappa shape index (κ3) is 4.72. The van der Waals surface area contributed by atoms with Crippen LogP contribution < -0.4 is 10.9 Å². The average molecular weight is 436 g/mol. The molecule has 1 aliphatic rings. The number of H-pyrrole nitrogens is 1. The summed E-state index contributed by atoms with van der Waals surface area (Å²) in [4.78, 5) is 29.9. The van der Waals surface area contributed by atoms with Crippen LogP contribution in [0, 0.1) is 29.9 Å². The summed E-state index contributed by atoms with van der Waals surface area (Å²) in [6.07, 6.45) is 7.13. The number of aromatic nitrogens is 2. The Balaban J connectivity index is 0.000000193. The number of rotatable bonds is 3. The van der Waals surface area contributed by atoms with Crippen LogP contribution in [-0.4, -0.2) is 22.9 Å². The number of aryl methyl sites for hydroxylation is 1. The fourth-order valence-electron chi connectivity index (χ4n) is 3.64. The standard InChI is InChI=1S/C13H12F2N2O2.C11H10N2/c1-6-7(5-10(18)16-2)13(19)17-9-4-3-8(14)12(15)11(6)9;12-8-10-6-3-7-13-11(10)9-4-1-2-5-9/h3-4H,5H2,1-2H3,(H,16,18)(H,17,19);3-4,6-7H,1-2,5H2. The van der Waals surface area contributed by atoms with Crippen molar-refractivity contribution in [3.8, 4) is 6.07 Å². The van der Waals surface area contributed by atoms with Crippen molar-refractivity contribution in [2.45, 2.75) is 32.6 Å².